The molecule has 0 radical (unpaired) electrons. The lowest BCUT2D eigenvalue weighted by molar-refractivity contribution is -0.0908. The van der Waals surface area contributed by atoms with Crippen LogP contribution < -0.4 is 5.73 Å². The highest BCUT2D eigenvalue weighted by Gasteiger charge is 2.43. The van der Waals surface area contributed by atoms with Crippen molar-refractivity contribution in [3.8, 4) is 0 Å². The first-order valence-electron chi connectivity index (χ1n) is 7.44. The largest absolute Gasteiger partial charge is 0.373 e. The van der Waals surface area contributed by atoms with Gasteiger partial charge >= 0.3 is 0 Å². The highest BCUT2D eigenvalue weighted by atomic mass is 79.9. The molecule has 1 saturated carbocycles. The molecule has 1 aromatic carbocycles. The zero-order valence-corrected chi connectivity index (χ0v) is 14.1. The number of halogens is 3. The molecule has 1 atom stereocenters. The monoisotopic (exact) mass is 361 g/mol. The molecule has 1 aliphatic carbocycles. The highest BCUT2D eigenvalue weighted by Crippen LogP contribution is 2.43. The number of benzene rings is 1. The normalized spacial score (nSPS) is 27.6. The maximum Gasteiger partial charge on any atom is 0.145 e. The van der Waals surface area contributed by atoms with Crippen molar-refractivity contribution in [3.05, 3.63) is 33.8 Å². The topological polar surface area (TPSA) is 35.2 Å². The number of ether oxygens (including phenoxy) is 1. The van der Waals surface area contributed by atoms with Gasteiger partial charge in [-0.15, -0.1) is 0 Å². The first-order chi connectivity index (χ1) is 9.91. The van der Waals surface area contributed by atoms with E-state index in [2.05, 4.69) is 22.9 Å². The average Bonchev–Trinajstić information content (AvgIpc) is 2.46. The van der Waals surface area contributed by atoms with E-state index in [-0.39, 0.29) is 10.0 Å². The molecular weight excluding hydrogens is 340 g/mol. The third kappa shape index (κ3) is 3.30. The first-order valence-corrected chi connectivity index (χ1v) is 8.23. The van der Waals surface area contributed by atoms with Crippen molar-refractivity contribution in [1.82, 2.24) is 0 Å². The van der Waals surface area contributed by atoms with Gasteiger partial charge in [0.1, 0.15) is 11.6 Å². The van der Waals surface area contributed by atoms with Gasteiger partial charge in [0, 0.05) is 12.2 Å². The minimum absolute atomic E-state index is 0.0765. The molecule has 0 saturated heterocycles. The zero-order chi connectivity index (χ0) is 15.6. The van der Waals surface area contributed by atoms with Gasteiger partial charge in [0.25, 0.3) is 0 Å². The molecule has 1 aliphatic rings. The van der Waals surface area contributed by atoms with Gasteiger partial charge in [0.15, 0.2) is 0 Å². The second-order valence-electron chi connectivity index (χ2n) is 5.91. The molecule has 118 valence electrons. The maximum atomic E-state index is 14.3. The molecule has 5 heteroatoms. The molecule has 1 fully saturated rings. The molecule has 0 bridgehead atoms. The Morgan fingerprint density at radius 2 is 2.00 bits per heavy atom. The Kier molecular flexibility index (Phi) is 5.38. The fraction of sp³-hybridized carbons (Fsp3) is 0.625. The number of nitrogens with two attached hydrogens (primary N) is 1. The lowest BCUT2D eigenvalue weighted by Crippen LogP contribution is -2.47. The van der Waals surface area contributed by atoms with Crippen molar-refractivity contribution in [1.29, 1.82) is 0 Å². The van der Waals surface area contributed by atoms with Crippen LogP contribution in [0.1, 0.15) is 51.1 Å². The van der Waals surface area contributed by atoms with E-state index in [4.69, 9.17) is 10.5 Å². The van der Waals surface area contributed by atoms with E-state index in [0.29, 0.717) is 12.5 Å². The molecule has 0 spiro atoms. The minimum Gasteiger partial charge on any atom is -0.373 e. The van der Waals surface area contributed by atoms with Crippen LogP contribution in [0.25, 0.3) is 0 Å². The molecule has 1 unspecified atom stereocenters. The summed E-state index contributed by atoms with van der Waals surface area (Å²) in [6.45, 7) is 4.56. The second kappa shape index (κ2) is 6.71. The third-order valence-corrected chi connectivity index (χ3v) is 5.12. The smallest absolute Gasteiger partial charge is 0.145 e. The Bertz CT molecular complexity index is 501. The average molecular weight is 362 g/mol. The molecule has 0 aromatic heterocycles. The Morgan fingerprint density at radius 3 is 2.57 bits per heavy atom. The molecule has 2 N–H and O–H groups in total. The summed E-state index contributed by atoms with van der Waals surface area (Å²) in [5.74, 6) is -0.635. The van der Waals surface area contributed by atoms with Crippen LogP contribution in [-0.4, -0.2) is 12.2 Å². The summed E-state index contributed by atoms with van der Waals surface area (Å²) in [6.07, 6.45) is 3.39. The fourth-order valence-corrected chi connectivity index (χ4v) is 3.52. The quantitative estimate of drug-likeness (QED) is 0.788. The second-order valence-corrected chi connectivity index (χ2v) is 6.77. The highest BCUT2D eigenvalue weighted by molar-refractivity contribution is 9.10. The Balaban J connectivity index is 2.40. The summed E-state index contributed by atoms with van der Waals surface area (Å²) in [4.78, 5) is 0. The van der Waals surface area contributed by atoms with Crippen LogP contribution in [0.3, 0.4) is 0 Å². The predicted molar refractivity (Wildman–Crippen MR) is 83.0 cm³/mol. The molecule has 2 rings (SSSR count). The zero-order valence-electron chi connectivity index (χ0n) is 12.5. The van der Waals surface area contributed by atoms with Gasteiger partial charge < -0.3 is 10.5 Å². The van der Waals surface area contributed by atoms with Gasteiger partial charge in [0.05, 0.1) is 16.1 Å². The van der Waals surface area contributed by atoms with Gasteiger partial charge in [-0.1, -0.05) is 6.92 Å². The standard InChI is InChI=1S/C16H22BrF2NO/c1-3-21-16(8-6-10(2)7-9-16)15(20)13-12(18)5-4-11(17)14(13)19/h4-5,10,15H,3,6-9,20H2,1-2H3. The van der Waals surface area contributed by atoms with E-state index in [1.54, 1.807) is 0 Å². The van der Waals surface area contributed by atoms with Crippen molar-refractivity contribution < 1.29 is 13.5 Å². The summed E-state index contributed by atoms with van der Waals surface area (Å²) in [5.41, 5.74) is 5.53. The molecule has 0 amide bonds. The van der Waals surface area contributed by atoms with Gasteiger partial charge in [0.2, 0.25) is 0 Å². The van der Waals surface area contributed by atoms with Crippen LogP contribution in [0, 0.1) is 17.6 Å². The van der Waals surface area contributed by atoms with Crippen LogP contribution in [0.2, 0.25) is 0 Å². The molecule has 0 aliphatic heterocycles. The first kappa shape index (κ1) is 16.8. The van der Waals surface area contributed by atoms with Gasteiger partial charge in [-0.3, -0.25) is 0 Å². The fourth-order valence-electron chi connectivity index (χ4n) is 3.17. The van der Waals surface area contributed by atoms with Gasteiger partial charge in [-0.2, -0.15) is 0 Å². The number of hydrogen-bond acceptors (Lipinski definition) is 2. The lowest BCUT2D eigenvalue weighted by Gasteiger charge is -2.43. The Morgan fingerprint density at radius 1 is 1.38 bits per heavy atom. The van der Waals surface area contributed by atoms with E-state index in [1.807, 2.05) is 6.92 Å². The summed E-state index contributed by atoms with van der Waals surface area (Å²) in [5, 5.41) is 0. The van der Waals surface area contributed by atoms with E-state index >= 15 is 0 Å². The van der Waals surface area contributed by atoms with Crippen molar-refractivity contribution >= 4 is 15.9 Å². The SMILES string of the molecule is CCOC1(C(N)c2c(F)ccc(Br)c2F)CCC(C)CC1. The van der Waals surface area contributed by atoms with Gasteiger partial charge in [-0.25, -0.2) is 8.78 Å². The summed E-state index contributed by atoms with van der Waals surface area (Å²) in [6, 6.07) is 1.80. The Labute approximate surface area is 133 Å². The van der Waals surface area contributed by atoms with E-state index in [9.17, 15) is 8.78 Å². The van der Waals surface area contributed by atoms with Crippen LogP contribution >= 0.6 is 15.9 Å². The van der Waals surface area contributed by atoms with Crippen LogP contribution in [-0.2, 0) is 4.74 Å². The maximum absolute atomic E-state index is 14.3. The van der Waals surface area contributed by atoms with Crippen molar-refractivity contribution in [2.45, 2.75) is 51.2 Å². The molecule has 2 nitrogen and oxygen atoms in total. The Hall–Kier alpha value is -0.520. The van der Waals surface area contributed by atoms with Crippen LogP contribution in [0.15, 0.2) is 16.6 Å². The lowest BCUT2D eigenvalue weighted by atomic mass is 9.73. The van der Waals surface area contributed by atoms with Crippen LogP contribution in [0.5, 0.6) is 0 Å². The van der Waals surface area contributed by atoms with E-state index in [0.717, 1.165) is 25.7 Å². The number of hydrogen-bond donors (Lipinski definition) is 1. The minimum atomic E-state index is -0.803. The molecule has 21 heavy (non-hydrogen) atoms. The van der Waals surface area contributed by atoms with Crippen molar-refractivity contribution in [3.63, 3.8) is 0 Å². The van der Waals surface area contributed by atoms with Gasteiger partial charge in [-0.05, 0) is 66.6 Å². The number of rotatable bonds is 4. The molecule has 1 aromatic rings. The molecule has 0 heterocycles. The van der Waals surface area contributed by atoms with E-state index in [1.165, 1.54) is 12.1 Å². The summed E-state index contributed by atoms with van der Waals surface area (Å²) in [7, 11) is 0. The van der Waals surface area contributed by atoms with Crippen molar-refractivity contribution in [2.24, 2.45) is 11.7 Å². The third-order valence-electron chi connectivity index (χ3n) is 4.51. The predicted octanol–water partition coefficient (Wildman–Crippen LogP) is 4.71. The van der Waals surface area contributed by atoms with Crippen molar-refractivity contribution in [2.75, 3.05) is 6.61 Å². The van der Waals surface area contributed by atoms with Crippen LogP contribution in [0.4, 0.5) is 8.78 Å². The molecular formula is C16H22BrF2NO. The van der Waals surface area contributed by atoms with E-state index < -0.39 is 23.3 Å². The summed E-state index contributed by atoms with van der Waals surface area (Å²) < 4.78 is 34.6. The summed E-state index contributed by atoms with van der Waals surface area (Å²) >= 11 is 3.10.